The van der Waals surface area contributed by atoms with Gasteiger partial charge in [0.15, 0.2) is 0 Å². The second kappa shape index (κ2) is 8.34. The van der Waals surface area contributed by atoms with Gasteiger partial charge in [-0.1, -0.05) is 6.07 Å². The lowest BCUT2D eigenvalue weighted by atomic mass is 10.2. The molecule has 28 heavy (non-hydrogen) atoms. The van der Waals surface area contributed by atoms with Crippen molar-refractivity contribution in [1.29, 1.82) is 0 Å². The fourth-order valence-corrected chi connectivity index (χ4v) is 2.44. The van der Waals surface area contributed by atoms with Crippen LogP contribution in [0.3, 0.4) is 0 Å². The molecule has 2 aromatic carbocycles. The SMILES string of the molecule is COc1ccc(NC(=O)c2ccc(Nc3c(F)cccc3F)nc2)c(OC)c1. The first-order chi connectivity index (χ1) is 13.5. The third kappa shape index (κ3) is 4.17. The molecular formula is C20H17F2N3O3. The number of benzene rings is 2. The van der Waals surface area contributed by atoms with Crippen molar-refractivity contribution in [1.82, 2.24) is 4.98 Å². The summed E-state index contributed by atoms with van der Waals surface area (Å²) in [6.07, 6.45) is 1.30. The Morgan fingerprint density at radius 1 is 1.00 bits per heavy atom. The number of pyridine rings is 1. The van der Waals surface area contributed by atoms with E-state index in [4.69, 9.17) is 9.47 Å². The molecule has 0 unspecified atom stereocenters. The van der Waals surface area contributed by atoms with Crippen LogP contribution in [-0.4, -0.2) is 25.1 Å². The molecule has 0 radical (unpaired) electrons. The van der Waals surface area contributed by atoms with E-state index < -0.39 is 17.5 Å². The Hall–Kier alpha value is -3.68. The minimum absolute atomic E-state index is 0.197. The lowest BCUT2D eigenvalue weighted by Crippen LogP contribution is -2.13. The second-order valence-electron chi connectivity index (χ2n) is 5.67. The standard InChI is InChI=1S/C20H17F2N3O3/c1-27-13-7-8-16(17(10-13)28-2)24-20(26)12-6-9-18(23-11-12)25-19-14(21)4-3-5-15(19)22/h3-11H,1-2H3,(H,23,25)(H,24,26). The number of hydrogen-bond acceptors (Lipinski definition) is 5. The normalized spacial score (nSPS) is 10.3. The van der Waals surface area contributed by atoms with Crippen molar-refractivity contribution in [2.24, 2.45) is 0 Å². The number of nitrogens with one attached hydrogen (secondary N) is 2. The molecule has 6 nitrogen and oxygen atoms in total. The summed E-state index contributed by atoms with van der Waals surface area (Å²) in [7, 11) is 3.01. The lowest BCUT2D eigenvalue weighted by Gasteiger charge is -2.12. The van der Waals surface area contributed by atoms with Crippen LogP contribution < -0.4 is 20.1 Å². The number of halogens is 2. The number of carbonyl (C=O) groups is 1. The molecule has 0 aliphatic carbocycles. The van der Waals surface area contributed by atoms with E-state index in [1.807, 2.05) is 0 Å². The van der Waals surface area contributed by atoms with Crippen molar-refractivity contribution in [2.45, 2.75) is 0 Å². The fourth-order valence-electron chi connectivity index (χ4n) is 2.44. The van der Waals surface area contributed by atoms with E-state index >= 15 is 0 Å². The van der Waals surface area contributed by atoms with Gasteiger partial charge in [0.2, 0.25) is 0 Å². The number of ether oxygens (including phenoxy) is 2. The highest BCUT2D eigenvalue weighted by Crippen LogP contribution is 2.29. The molecule has 1 aromatic heterocycles. The van der Waals surface area contributed by atoms with Crippen molar-refractivity contribution >= 4 is 23.1 Å². The Kier molecular flexibility index (Phi) is 5.69. The highest BCUT2D eigenvalue weighted by atomic mass is 19.1. The van der Waals surface area contributed by atoms with E-state index in [9.17, 15) is 13.6 Å². The largest absolute Gasteiger partial charge is 0.497 e. The molecule has 1 amide bonds. The number of hydrogen-bond donors (Lipinski definition) is 2. The second-order valence-corrected chi connectivity index (χ2v) is 5.67. The number of amides is 1. The summed E-state index contributed by atoms with van der Waals surface area (Å²) in [6.45, 7) is 0. The number of anilines is 3. The highest BCUT2D eigenvalue weighted by Gasteiger charge is 2.13. The van der Waals surface area contributed by atoms with Crippen LogP contribution in [0.4, 0.5) is 26.0 Å². The maximum Gasteiger partial charge on any atom is 0.257 e. The first-order valence-electron chi connectivity index (χ1n) is 8.22. The van der Waals surface area contributed by atoms with E-state index in [2.05, 4.69) is 15.6 Å². The average molecular weight is 385 g/mol. The van der Waals surface area contributed by atoms with Gasteiger partial charge in [-0.05, 0) is 36.4 Å². The Bertz CT molecular complexity index is 974. The molecule has 8 heteroatoms. The van der Waals surface area contributed by atoms with Gasteiger partial charge in [0.25, 0.3) is 5.91 Å². The van der Waals surface area contributed by atoms with Crippen molar-refractivity contribution in [2.75, 3.05) is 24.9 Å². The van der Waals surface area contributed by atoms with Crippen LogP contribution in [0.5, 0.6) is 11.5 Å². The molecule has 144 valence electrons. The summed E-state index contributed by atoms with van der Waals surface area (Å²) in [5, 5.41) is 5.28. The van der Waals surface area contributed by atoms with Gasteiger partial charge in [-0.2, -0.15) is 0 Å². The predicted octanol–water partition coefficient (Wildman–Crippen LogP) is 4.37. The molecule has 0 aliphatic heterocycles. The minimum Gasteiger partial charge on any atom is -0.497 e. The van der Waals surface area contributed by atoms with Gasteiger partial charge in [-0.3, -0.25) is 4.79 Å². The van der Waals surface area contributed by atoms with Crippen LogP contribution >= 0.6 is 0 Å². The van der Waals surface area contributed by atoms with E-state index in [1.54, 1.807) is 18.2 Å². The average Bonchev–Trinajstić information content (AvgIpc) is 2.71. The zero-order valence-electron chi connectivity index (χ0n) is 15.1. The highest BCUT2D eigenvalue weighted by molar-refractivity contribution is 6.05. The molecule has 0 bridgehead atoms. The van der Waals surface area contributed by atoms with Crippen LogP contribution in [0.1, 0.15) is 10.4 Å². The van der Waals surface area contributed by atoms with Gasteiger partial charge in [-0.15, -0.1) is 0 Å². The van der Waals surface area contributed by atoms with E-state index in [0.29, 0.717) is 17.2 Å². The number of carbonyl (C=O) groups excluding carboxylic acids is 1. The first-order valence-corrected chi connectivity index (χ1v) is 8.22. The molecule has 0 aliphatic rings. The summed E-state index contributed by atoms with van der Waals surface area (Å²) >= 11 is 0. The molecular weight excluding hydrogens is 368 g/mol. The van der Waals surface area contributed by atoms with Crippen molar-refractivity contribution in [3.8, 4) is 11.5 Å². The number of nitrogens with zero attached hydrogens (tertiary/aromatic N) is 1. The third-order valence-corrected chi connectivity index (χ3v) is 3.90. The van der Waals surface area contributed by atoms with E-state index in [1.165, 1.54) is 38.6 Å². The quantitative estimate of drug-likeness (QED) is 0.659. The summed E-state index contributed by atoms with van der Waals surface area (Å²) in [5.74, 6) is -0.672. The number of methoxy groups -OCH3 is 2. The van der Waals surface area contributed by atoms with Crippen LogP contribution in [0.15, 0.2) is 54.7 Å². The topological polar surface area (TPSA) is 72.5 Å². The molecule has 0 spiro atoms. The number of para-hydroxylation sites is 1. The molecule has 0 saturated heterocycles. The van der Waals surface area contributed by atoms with Crippen molar-refractivity contribution in [3.63, 3.8) is 0 Å². The Morgan fingerprint density at radius 3 is 2.36 bits per heavy atom. The summed E-state index contributed by atoms with van der Waals surface area (Å²) in [4.78, 5) is 16.5. The Morgan fingerprint density at radius 2 is 1.75 bits per heavy atom. The van der Waals surface area contributed by atoms with Crippen molar-refractivity contribution in [3.05, 3.63) is 71.9 Å². The molecule has 0 fully saturated rings. The molecule has 3 aromatic rings. The van der Waals surface area contributed by atoms with Gasteiger partial charge >= 0.3 is 0 Å². The Balaban J connectivity index is 1.74. The van der Waals surface area contributed by atoms with E-state index in [-0.39, 0.29) is 17.1 Å². The van der Waals surface area contributed by atoms with Gasteiger partial charge in [0.05, 0.1) is 25.5 Å². The zero-order chi connectivity index (χ0) is 20.1. The van der Waals surface area contributed by atoms with Gasteiger partial charge < -0.3 is 20.1 Å². The van der Waals surface area contributed by atoms with Crippen LogP contribution in [0.25, 0.3) is 0 Å². The van der Waals surface area contributed by atoms with Gasteiger partial charge in [0, 0.05) is 12.3 Å². The van der Waals surface area contributed by atoms with Gasteiger partial charge in [0.1, 0.15) is 34.6 Å². The summed E-state index contributed by atoms with van der Waals surface area (Å²) < 4.78 is 37.8. The molecule has 0 atom stereocenters. The van der Waals surface area contributed by atoms with Crippen LogP contribution in [0, 0.1) is 11.6 Å². The molecule has 1 heterocycles. The van der Waals surface area contributed by atoms with Gasteiger partial charge in [-0.25, -0.2) is 13.8 Å². The van der Waals surface area contributed by atoms with Crippen LogP contribution in [-0.2, 0) is 0 Å². The fraction of sp³-hybridized carbons (Fsp3) is 0.100. The number of aromatic nitrogens is 1. The lowest BCUT2D eigenvalue weighted by molar-refractivity contribution is 0.102. The molecule has 2 N–H and O–H groups in total. The zero-order valence-corrected chi connectivity index (χ0v) is 15.1. The first kappa shape index (κ1) is 19.1. The Labute approximate surface area is 160 Å². The monoisotopic (exact) mass is 385 g/mol. The minimum atomic E-state index is -0.741. The molecule has 3 rings (SSSR count). The maximum atomic E-state index is 13.7. The predicted molar refractivity (Wildman–Crippen MR) is 101 cm³/mol. The summed E-state index contributed by atoms with van der Waals surface area (Å²) in [6, 6.07) is 11.5. The third-order valence-electron chi connectivity index (χ3n) is 3.90. The summed E-state index contributed by atoms with van der Waals surface area (Å²) in [5.41, 5.74) is 0.413. The van der Waals surface area contributed by atoms with E-state index in [0.717, 1.165) is 12.1 Å². The maximum absolute atomic E-state index is 13.7. The molecule has 0 saturated carbocycles. The van der Waals surface area contributed by atoms with Crippen LogP contribution in [0.2, 0.25) is 0 Å². The number of rotatable bonds is 6. The smallest absolute Gasteiger partial charge is 0.257 e. The van der Waals surface area contributed by atoms with Crippen molar-refractivity contribution < 1.29 is 23.0 Å².